The van der Waals surface area contributed by atoms with E-state index in [1.165, 1.54) is 12.8 Å². The summed E-state index contributed by atoms with van der Waals surface area (Å²) in [5.74, 6) is 1.68. The first-order chi connectivity index (χ1) is 27.2. The van der Waals surface area contributed by atoms with Crippen molar-refractivity contribution in [3.05, 3.63) is 71.0 Å². The first-order valence-electron chi connectivity index (χ1n) is 19.8. The fourth-order valence-corrected chi connectivity index (χ4v) is 9.99. The molecule has 2 N–H and O–H groups in total. The molecule has 0 radical (unpaired) electrons. The van der Waals surface area contributed by atoms with Gasteiger partial charge in [-0.2, -0.15) is 10.4 Å². The molecule has 6 fully saturated rings. The number of benzene rings is 2. The number of imide groups is 1. The smallest absolute Gasteiger partial charge is 0.328 e. The predicted octanol–water partition coefficient (Wildman–Crippen LogP) is 5.47. The second kappa shape index (κ2) is 15.0. The highest BCUT2D eigenvalue weighted by Crippen LogP contribution is 2.52. The first kappa shape index (κ1) is 36.4. The molecule has 2 aliphatic carbocycles. The fraction of sp³-hybridized carbons (Fsp3) is 0.488. The molecule has 6 aliphatic rings. The molecule has 290 valence electrons. The summed E-state index contributed by atoms with van der Waals surface area (Å²) in [6.07, 6.45) is 9.84. The van der Waals surface area contributed by atoms with E-state index in [0.717, 1.165) is 93.7 Å². The van der Waals surface area contributed by atoms with Crippen molar-refractivity contribution in [3.63, 3.8) is 0 Å². The van der Waals surface area contributed by atoms with Crippen LogP contribution in [0.4, 0.5) is 16.3 Å². The minimum Gasteiger partial charge on any atom is -0.490 e. The summed E-state index contributed by atoms with van der Waals surface area (Å²) in [4.78, 5) is 44.0. The topological polar surface area (TPSA) is 162 Å². The highest BCUT2D eigenvalue weighted by Gasteiger charge is 2.51. The van der Waals surface area contributed by atoms with E-state index in [9.17, 15) is 14.4 Å². The van der Waals surface area contributed by atoms with Gasteiger partial charge in [-0.1, -0.05) is 17.7 Å². The number of nitrogens with zero attached hydrogens (tertiary/aromatic N) is 8. The van der Waals surface area contributed by atoms with Crippen LogP contribution in [-0.2, 0) is 4.79 Å². The van der Waals surface area contributed by atoms with E-state index >= 15 is 0 Å². The number of carbonyl (C=O) groups is 3. The van der Waals surface area contributed by atoms with Crippen molar-refractivity contribution in [2.24, 2.45) is 11.3 Å². The van der Waals surface area contributed by atoms with Gasteiger partial charge >= 0.3 is 6.03 Å². The van der Waals surface area contributed by atoms with Gasteiger partial charge in [0.05, 0.1) is 40.1 Å². The Labute approximate surface area is 330 Å². The third kappa shape index (κ3) is 7.25. The molecule has 56 heavy (non-hydrogen) atoms. The number of rotatable bonds is 9. The van der Waals surface area contributed by atoms with E-state index in [4.69, 9.17) is 26.7 Å². The van der Waals surface area contributed by atoms with Gasteiger partial charge in [0.2, 0.25) is 5.91 Å². The number of carbonyl (C=O) groups excluding carboxylic acids is 3. The van der Waals surface area contributed by atoms with Crippen molar-refractivity contribution in [3.8, 4) is 11.8 Å². The van der Waals surface area contributed by atoms with E-state index in [2.05, 4.69) is 47.4 Å². The molecule has 4 amide bonds. The molecule has 10 rings (SSSR count). The van der Waals surface area contributed by atoms with Crippen molar-refractivity contribution >= 4 is 51.9 Å². The fourth-order valence-electron chi connectivity index (χ4n) is 9.78. The zero-order valence-electron chi connectivity index (χ0n) is 31.2. The molecule has 4 aliphatic heterocycles. The van der Waals surface area contributed by atoms with Crippen molar-refractivity contribution < 1.29 is 19.1 Å². The number of aromatic nitrogens is 4. The van der Waals surface area contributed by atoms with E-state index < -0.39 is 0 Å². The normalized spacial score (nSPS) is 25.7. The minimum atomic E-state index is -0.383. The lowest BCUT2D eigenvalue weighted by atomic mass is 9.58. The van der Waals surface area contributed by atoms with Gasteiger partial charge in [-0.3, -0.25) is 24.5 Å². The molecule has 2 aromatic heterocycles. The molecule has 14 nitrogen and oxygen atoms in total. The quantitative estimate of drug-likeness (QED) is 0.223. The number of halogens is 1. The number of nitrogens with one attached hydrogen (secondary N) is 2. The van der Waals surface area contributed by atoms with Gasteiger partial charge < -0.3 is 19.9 Å². The number of ether oxygens (including phenoxy) is 1. The third-order valence-electron chi connectivity index (χ3n) is 12.5. The molecule has 2 aromatic carbocycles. The van der Waals surface area contributed by atoms with E-state index in [1.54, 1.807) is 29.2 Å². The molecule has 2 saturated carbocycles. The Kier molecular flexibility index (Phi) is 9.75. The number of amides is 4. The van der Waals surface area contributed by atoms with Gasteiger partial charge in [0, 0.05) is 68.6 Å². The number of urea groups is 1. The number of anilines is 2. The Hall–Kier alpha value is -5.26. The molecule has 15 heteroatoms. The summed E-state index contributed by atoms with van der Waals surface area (Å²) in [7, 11) is 0. The number of nitriles is 1. The van der Waals surface area contributed by atoms with Crippen LogP contribution in [0.5, 0.6) is 5.75 Å². The van der Waals surface area contributed by atoms with Gasteiger partial charge in [0.25, 0.3) is 5.91 Å². The maximum atomic E-state index is 13.1. The van der Waals surface area contributed by atoms with Crippen LogP contribution in [0.3, 0.4) is 0 Å². The number of hydrogen-bond acceptors (Lipinski definition) is 10. The number of hydrogen-bond donors (Lipinski definition) is 2. The van der Waals surface area contributed by atoms with Gasteiger partial charge in [0.15, 0.2) is 11.5 Å². The lowest BCUT2D eigenvalue weighted by Gasteiger charge is -2.58. The summed E-state index contributed by atoms with van der Waals surface area (Å²) < 4.78 is 8.23. The second-order valence-electron chi connectivity index (χ2n) is 16.3. The molecule has 2 bridgehead atoms. The van der Waals surface area contributed by atoms with Crippen LogP contribution < -0.4 is 25.2 Å². The van der Waals surface area contributed by atoms with Gasteiger partial charge in [-0.15, -0.1) is 10.2 Å². The average Bonchev–Trinajstić information content (AvgIpc) is 3.64. The summed E-state index contributed by atoms with van der Waals surface area (Å²) in [6, 6.07) is 16.8. The summed E-state index contributed by atoms with van der Waals surface area (Å²) in [5.41, 5.74) is 2.78. The summed E-state index contributed by atoms with van der Waals surface area (Å²) in [5, 5.41) is 29.7. The molecule has 0 unspecified atom stereocenters. The number of piperidine rings is 3. The highest BCUT2D eigenvalue weighted by molar-refractivity contribution is 6.31. The van der Waals surface area contributed by atoms with Crippen LogP contribution >= 0.6 is 11.6 Å². The third-order valence-corrected chi connectivity index (χ3v) is 12.8. The van der Waals surface area contributed by atoms with Gasteiger partial charge in [-0.25, -0.2) is 4.79 Å². The second-order valence-corrected chi connectivity index (χ2v) is 16.7. The molecule has 0 atom stereocenters. The van der Waals surface area contributed by atoms with Crippen LogP contribution in [0.2, 0.25) is 5.02 Å². The lowest BCUT2D eigenvalue weighted by Crippen LogP contribution is -2.61. The Morgan fingerprint density at radius 2 is 1.84 bits per heavy atom. The SMILES string of the molecule is N#Cc1ccc(O[C@H]2CC[C@H](NC(=O)c3ccc(N4CC5CC(CN6CCC(n7ncc8c(N9CCC(=O)NC9=O)cccc87)CC6)(C5)C4)nn3)CC2)cc1Cl. The standard InChI is InChI=1S/C41H45ClN10O4/c42-33-18-31(7-4-27(33)21-43)56-30-8-5-28(6-9-30)45-39(54)34-10-11-37(48-47-34)50-23-26-19-41(20-26,25-50)24-49-15-12-29(13-16-49)52-36-3-1-2-35(32(36)22-44-52)51-17-14-38(53)46-40(51)55/h1-4,7,10-11,18,22,26,28-30H,5-6,8-9,12-17,19-20,23-25H2,(H,45,54)(H,46,53,55)/t26?,28-,30-,41?. The highest BCUT2D eigenvalue weighted by atomic mass is 35.5. The van der Waals surface area contributed by atoms with E-state index in [0.29, 0.717) is 34.5 Å². The Morgan fingerprint density at radius 1 is 1.02 bits per heavy atom. The van der Waals surface area contributed by atoms with Gasteiger partial charge in [0.1, 0.15) is 11.8 Å². The van der Waals surface area contributed by atoms with Crippen LogP contribution in [0.15, 0.2) is 54.7 Å². The van der Waals surface area contributed by atoms with Crippen LogP contribution in [0.25, 0.3) is 10.9 Å². The maximum Gasteiger partial charge on any atom is 0.328 e. The van der Waals surface area contributed by atoms with Crippen molar-refractivity contribution in [2.45, 2.75) is 76.0 Å². The Balaban J connectivity index is 0.753. The zero-order valence-corrected chi connectivity index (χ0v) is 32.0. The lowest BCUT2D eigenvalue weighted by molar-refractivity contribution is -0.120. The van der Waals surface area contributed by atoms with E-state index in [-0.39, 0.29) is 47.9 Å². The molecular formula is C41H45ClN10O4. The summed E-state index contributed by atoms with van der Waals surface area (Å²) in [6.45, 7) is 5.32. The van der Waals surface area contributed by atoms with Crippen LogP contribution in [0, 0.1) is 22.7 Å². The largest absolute Gasteiger partial charge is 0.490 e. The van der Waals surface area contributed by atoms with Crippen molar-refractivity contribution in [2.75, 3.05) is 49.1 Å². The molecule has 4 saturated heterocycles. The minimum absolute atomic E-state index is 0.0300. The Bertz CT molecular complexity index is 2180. The molecule has 0 spiro atoms. The van der Waals surface area contributed by atoms with Crippen molar-refractivity contribution in [1.82, 2.24) is 35.5 Å². The maximum absolute atomic E-state index is 13.1. The molecule has 6 heterocycles. The van der Waals surface area contributed by atoms with Gasteiger partial charge in [-0.05, 0) is 93.7 Å². The molecule has 4 aromatic rings. The summed E-state index contributed by atoms with van der Waals surface area (Å²) >= 11 is 6.16. The number of likely N-dealkylation sites (tertiary alicyclic amines) is 1. The van der Waals surface area contributed by atoms with Crippen molar-refractivity contribution in [1.29, 1.82) is 5.26 Å². The Morgan fingerprint density at radius 3 is 2.57 bits per heavy atom. The first-order valence-corrected chi connectivity index (χ1v) is 20.2. The zero-order chi connectivity index (χ0) is 38.4. The monoisotopic (exact) mass is 776 g/mol. The number of fused-ring (bicyclic) bond motifs is 3. The van der Waals surface area contributed by atoms with Crippen LogP contribution in [-0.4, -0.2) is 94.1 Å². The predicted molar refractivity (Wildman–Crippen MR) is 210 cm³/mol. The average molecular weight is 777 g/mol. The molecular weight excluding hydrogens is 732 g/mol. The van der Waals surface area contributed by atoms with Crippen LogP contribution in [0.1, 0.15) is 79.9 Å². The van der Waals surface area contributed by atoms with E-state index in [1.807, 2.05) is 24.4 Å².